The van der Waals surface area contributed by atoms with Crippen LogP contribution in [0, 0.1) is 17.3 Å². The van der Waals surface area contributed by atoms with E-state index in [1.54, 1.807) is 0 Å². The van der Waals surface area contributed by atoms with Gasteiger partial charge in [-0.2, -0.15) is 0 Å². The Balaban J connectivity index is 2.40. The number of ether oxygens (including phenoxy) is 1. The second-order valence-corrected chi connectivity index (χ2v) is 8.48. The monoisotopic (exact) mass is 378 g/mol. The fourth-order valence-corrected chi connectivity index (χ4v) is 3.89. The number of ketones is 1. The first kappa shape index (κ1) is 23.6. The molecule has 0 saturated heterocycles. The van der Waals surface area contributed by atoms with Gasteiger partial charge in [-0.3, -0.25) is 4.79 Å². The highest BCUT2D eigenvalue weighted by Crippen LogP contribution is 2.33. The molecule has 4 heteroatoms. The van der Waals surface area contributed by atoms with Crippen molar-refractivity contribution in [2.75, 3.05) is 7.11 Å². The number of rotatable bonds is 12. The van der Waals surface area contributed by atoms with Crippen molar-refractivity contribution < 1.29 is 19.4 Å². The number of hydrogen-bond donors (Lipinski definition) is 1. The minimum absolute atomic E-state index is 0.0756. The Hall–Kier alpha value is -1.42. The number of aliphatic hydroxyl groups excluding tert-OH is 1. The van der Waals surface area contributed by atoms with Gasteiger partial charge in [0.25, 0.3) is 0 Å². The molecule has 1 fully saturated rings. The van der Waals surface area contributed by atoms with E-state index in [1.807, 2.05) is 12.2 Å². The maximum absolute atomic E-state index is 12.2. The van der Waals surface area contributed by atoms with Crippen LogP contribution < -0.4 is 0 Å². The van der Waals surface area contributed by atoms with E-state index in [0.717, 1.165) is 19.3 Å². The number of esters is 1. The van der Waals surface area contributed by atoms with Crippen molar-refractivity contribution in [3.8, 4) is 0 Å². The molecule has 1 N–H and O–H groups in total. The van der Waals surface area contributed by atoms with Crippen LogP contribution in [0.25, 0.3) is 0 Å². The fourth-order valence-electron chi connectivity index (χ4n) is 3.89. The van der Waals surface area contributed by atoms with Gasteiger partial charge in [0.15, 0.2) is 6.10 Å². The molecule has 0 aliphatic heterocycles. The van der Waals surface area contributed by atoms with Gasteiger partial charge in [-0.1, -0.05) is 51.5 Å². The van der Waals surface area contributed by atoms with Crippen molar-refractivity contribution in [1.82, 2.24) is 0 Å². The summed E-state index contributed by atoms with van der Waals surface area (Å²) < 4.78 is 4.49. The highest BCUT2D eigenvalue weighted by Gasteiger charge is 2.31. The summed E-state index contributed by atoms with van der Waals surface area (Å²) >= 11 is 0. The third-order valence-corrected chi connectivity index (χ3v) is 5.59. The van der Waals surface area contributed by atoms with Crippen LogP contribution in [0.5, 0.6) is 0 Å². The Kier molecular flexibility index (Phi) is 10.6. The largest absolute Gasteiger partial charge is 0.467 e. The summed E-state index contributed by atoms with van der Waals surface area (Å²) in [5.74, 6) is 0.181. The lowest BCUT2D eigenvalue weighted by atomic mass is 9.83. The zero-order chi connectivity index (χ0) is 20.3. The topological polar surface area (TPSA) is 63.6 Å². The summed E-state index contributed by atoms with van der Waals surface area (Å²) in [6, 6.07) is 0. The lowest BCUT2D eigenvalue weighted by Gasteiger charge is -2.23. The Morgan fingerprint density at radius 2 is 2.00 bits per heavy atom. The lowest BCUT2D eigenvalue weighted by molar-refractivity contribution is -0.150. The summed E-state index contributed by atoms with van der Waals surface area (Å²) in [7, 11) is 1.27. The summed E-state index contributed by atoms with van der Waals surface area (Å²) in [5, 5.41) is 9.55. The second kappa shape index (κ2) is 12.1. The van der Waals surface area contributed by atoms with Gasteiger partial charge in [0.2, 0.25) is 0 Å². The van der Waals surface area contributed by atoms with Crippen molar-refractivity contribution in [3.63, 3.8) is 0 Å². The van der Waals surface area contributed by atoms with Crippen LogP contribution in [-0.4, -0.2) is 30.1 Å². The maximum atomic E-state index is 12.2. The van der Waals surface area contributed by atoms with Crippen molar-refractivity contribution in [3.05, 3.63) is 24.3 Å². The van der Waals surface area contributed by atoms with Gasteiger partial charge < -0.3 is 9.84 Å². The number of carbonyl (C=O) groups is 2. The summed E-state index contributed by atoms with van der Waals surface area (Å²) in [6.45, 7) is 6.89. The van der Waals surface area contributed by atoms with Crippen molar-refractivity contribution in [2.45, 2.75) is 84.7 Å². The maximum Gasteiger partial charge on any atom is 0.334 e. The lowest BCUT2D eigenvalue weighted by Crippen LogP contribution is -2.21. The molecule has 1 rings (SSSR count). The third-order valence-electron chi connectivity index (χ3n) is 5.59. The molecule has 0 aromatic rings. The Labute approximate surface area is 165 Å². The first-order valence-corrected chi connectivity index (χ1v) is 10.4. The molecule has 0 amide bonds. The van der Waals surface area contributed by atoms with Gasteiger partial charge in [0, 0.05) is 12.3 Å². The zero-order valence-electron chi connectivity index (χ0n) is 17.6. The van der Waals surface area contributed by atoms with Gasteiger partial charge in [0.1, 0.15) is 5.78 Å². The SMILES string of the molecule is CCCC(C)(C)CCC=C[C@H]1CCC(=O)[C@@H]1CC=CCCC(O)C(=O)OC. The molecule has 4 nitrogen and oxygen atoms in total. The summed E-state index contributed by atoms with van der Waals surface area (Å²) in [4.78, 5) is 23.3. The Bertz CT molecular complexity index is 518. The minimum Gasteiger partial charge on any atom is -0.467 e. The van der Waals surface area contributed by atoms with E-state index in [4.69, 9.17) is 0 Å². The Morgan fingerprint density at radius 1 is 1.26 bits per heavy atom. The quantitative estimate of drug-likeness (QED) is 0.383. The summed E-state index contributed by atoms with van der Waals surface area (Å²) in [5.41, 5.74) is 0.390. The highest BCUT2D eigenvalue weighted by molar-refractivity contribution is 5.83. The van der Waals surface area contributed by atoms with E-state index >= 15 is 0 Å². The molecule has 0 aromatic heterocycles. The number of allylic oxidation sites excluding steroid dienone is 4. The third kappa shape index (κ3) is 8.87. The average molecular weight is 379 g/mol. The molecule has 1 aliphatic carbocycles. The first-order chi connectivity index (χ1) is 12.8. The number of methoxy groups -OCH3 is 1. The molecule has 1 aliphatic rings. The van der Waals surface area contributed by atoms with Crippen LogP contribution in [0.1, 0.15) is 78.6 Å². The van der Waals surface area contributed by atoms with Crippen LogP contribution in [-0.2, 0) is 14.3 Å². The van der Waals surface area contributed by atoms with Gasteiger partial charge in [0.05, 0.1) is 7.11 Å². The van der Waals surface area contributed by atoms with Gasteiger partial charge in [-0.15, -0.1) is 0 Å². The molecule has 154 valence electrons. The Morgan fingerprint density at radius 3 is 2.67 bits per heavy atom. The fraction of sp³-hybridized carbons (Fsp3) is 0.739. The molecule has 1 saturated carbocycles. The standard InChI is InChI=1S/C23H38O4/c1-5-16-23(2,3)17-10-9-11-18-14-15-20(24)19(18)12-7-6-8-13-21(25)22(26)27-4/h6-7,9,11,18-19,21,25H,5,8,10,12-17H2,1-4H3/t18-,19+,21?/m0/s1. The van der Waals surface area contributed by atoms with E-state index in [0.29, 0.717) is 36.4 Å². The molecule has 0 bridgehead atoms. The van der Waals surface area contributed by atoms with Crippen LogP contribution in [0.2, 0.25) is 0 Å². The van der Waals surface area contributed by atoms with Crippen LogP contribution >= 0.6 is 0 Å². The van der Waals surface area contributed by atoms with Crippen LogP contribution in [0.15, 0.2) is 24.3 Å². The van der Waals surface area contributed by atoms with Gasteiger partial charge in [-0.05, 0) is 56.3 Å². The first-order valence-electron chi connectivity index (χ1n) is 10.4. The van der Waals surface area contributed by atoms with E-state index in [9.17, 15) is 14.7 Å². The predicted molar refractivity (Wildman–Crippen MR) is 109 cm³/mol. The molecule has 27 heavy (non-hydrogen) atoms. The van der Waals surface area contributed by atoms with Crippen molar-refractivity contribution in [1.29, 1.82) is 0 Å². The van der Waals surface area contributed by atoms with Crippen molar-refractivity contribution in [2.24, 2.45) is 17.3 Å². The zero-order valence-corrected chi connectivity index (χ0v) is 17.6. The number of Topliss-reactive ketones (excluding diaryl/α,β-unsaturated/α-hetero) is 1. The van der Waals surface area contributed by atoms with Gasteiger partial charge >= 0.3 is 5.97 Å². The molecule has 1 unspecified atom stereocenters. The van der Waals surface area contributed by atoms with Crippen LogP contribution in [0.3, 0.4) is 0 Å². The number of hydrogen-bond acceptors (Lipinski definition) is 4. The molecule has 3 atom stereocenters. The van der Waals surface area contributed by atoms with E-state index in [-0.39, 0.29) is 5.92 Å². The summed E-state index contributed by atoms with van der Waals surface area (Å²) in [6.07, 6.45) is 15.5. The molecule has 0 radical (unpaired) electrons. The number of aliphatic hydroxyl groups is 1. The number of carbonyl (C=O) groups excluding carboxylic acids is 2. The molecule has 0 aromatic carbocycles. The van der Waals surface area contributed by atoms with E-state index < -0.39 is 12.1 Å². The average Bonchev–Trinajstić information content (AvgIpc) is 2.97. The van der Waals surface area contributed by atoms with Crippen LogP contribution in [0.4, 0.5) is 0 Å². The normalized spacial score (nSPS) is 22.0. The van der Waals surface area contributed by atoms with Crippen molar-refractivity contribution >= 4 is 11.8 Å². The van der Waals surface area contributed by atoms with E-state index in [2.05, 4.69) is 37.7 Å². The molecule has 0 spiro atoms. The van der Waals surface area contributed by atoms with E-state index in [1.165, 1.54) is 26.4 Å². The molecular formula is C23H38O4. The molecule has 0 heterocycles. The highest BCUT2D eigenvalue weighted by atomic mass is 16.5. The molecular weight excluding hydrogens is 340 g/mol. The predicted octanol–water partition coefficient (Wildman–Crippen LogP) is 5.00. The second-order valence-electron chi connectivity index (χ2n) is 8.48. The smallest absolute Gasteiger partial charge is 0.334 e. The van der Waals surface area contributed by atoms with Gasteiger partial charge in [-0.25, -0.2) is 4.79 Å². The minimum atomic E-state index is -1.07.